The van der Waals surface area contributed by atoms with Gasteiger partial charge < -0.3 is 29.4 Å². The van der Waals surface area contributed by atoms with Crippen molar-refractivity contribution in [3.8, 4) is 0 Å². The van der Waals surface area contributed by atoms with Crippen LogP contribution in [0, 0.1) is 0 Å². The lowest BCUT2D eigenvalue weighted by Crippen LogP contribution is -2.29. The molecule has 0 amide bonds. The van der Waals surface area contributed by atoms with E-state index in [2.05, 4.69) is 20.8 Å². The fourth-order valence-electron chi connectivity index (χ4n) is 5.18. The van der Waals surface area contributed by atoms with E-state index in [9.17, 15) is 13.7 Å². The maximum Gasteiger partial charge on any atom is 0.470 e. The van der Waals surface area contributed by atoms with Gasteiger partial charge in [0.25, 0.3) is 0 Å². The molecule has 12 nitrogen and oxygen atoms in total. The Labute approximate surface area is 294 Å². The molecule has 0 aliphatic carbocycles. The predicted octanol–water partition coefficient (Wildman–Crippen LogP) is 9.82. The van der Waals surface area contributed by atoms with Crippen LogP contribution in [0.3, 0.4) is 0 Å². The second-order valence-electron chi connectivity index (χ2n) is 11.8. The summed E-state index contributed by atoms with van der Waals surface area (Å²) in [7, 11) is -13.1. The second-order valence-corrected chi connectivity index (χ2v) is 15.3. The lowest BCUT2D eigenvalue weighted by molar-refractivity contribution is 0.0164. The molecule has 6 N–H and O–H groups in total. The largest absolute Gasteiger partial charge is 0.470 e. The first-order valence-electron chi connectivity index (χ1n) is 17.0. The van der Waals surface area contributed by atoms with E-state index in [1.54, 1.807) is 0 Å². The van der Waals surface area contributed by atoms with Crippen LogP contribution in [0.1, 0.15) is 178 Å². The Kier molecular flexibility index (Phi) is 36.4. The van der Waals surface area contributed by atoms with Crippen molar-refractivity contribution >= 4 is 43.3 Å². The van der Waals surface area contributed by atoms with Crippen LogP contribution in [-0.4, -0.2) is 46.2 Å². The number of hydrogen-bond donors (Lipinski definition) is 6. The van der Waals surface area contributed by atoms with Gasteiger partial charge in [0.1, 0.15) is 0 Å². The van der Waals surface area contributed by atoms with Crippen LogP contribution in [0.25, 0.3) is 0 Å². The average molecular weight is 783 g/mol. The molecule has 17 heteroatoms. The molecule has 0 aromatic carbocycles. The molecule has 0 spiro atoms. The minimum atomic E-state index is -4.37. The fourth-order valence-corrected chi connectivity index (χ4v) is 7.75. The van der Waals surface area contributed by atoms with Crippen molar-refractivity contribution in [2.45, 2.75) is 195 Å². The molecule has 2 atom stereocenters. The van der Waals surface area contributed by atoms with Crippen LogP contribution in [0.15, 0.2) is 0 Å². The lowest BCUT2D eigenvalue weighted by Gasteiger charge is -2.31. The molecule has 0 aromatic heterocycles. The standard InChI is InChI=1S/3C10H23O4P.2H3P/c3*1-4-7-8-9-10(5-2,6-3)14-15(11,12)13;;/h3*4-9H2,1-3H3,(H2,11,12,13);2*1H3. The van der Waals surface area contributed by atoms with Gasteiger partial charge in [-0.2, -0.15) is 19.8 Å². The molecule has 0 aliphatic heterocycles. The highest BCUT2D eigenvalue weighted by Crippen LogP contribution is 2.47. The maximum absolute atomic E-state index is 10.9. The molecule has 0 aromatic rings. The lowest BCUT2D eigenvalue weighted by atomic mass is 9.91. The van der Waals surface area contributed by atoms with Gasteiger partial charge in [-0.25, -0.2) is 13.7 Å². The zero-order chi connectivity index (χ0) is 35.8. The summed E-state index contributed by atoms with van der Waals surface area (Å²) in [5.74, 6) is 0. The third kappa shape index (κ3) is 31.6. The Morgan fingerprint density at radius 1 is 0.383 bits per heavy atom. The van der Waals surface area contributed by atoms with E-state index in [0.717, 1.165) is 77.0 Å². The molecule has 0 heterocycles. The molecule has 47 heavy (non-hydrogen) atoms. The highest BCUT2D eigenvalue weighted by atomic mass is 31.2. The van der Waals surface area contributed by atoms with E-state index >= 15 is 0 Å². The van der Waals surface area contributed by atoms with Crippen molar-refractivity contribution in [1.82, 2.24) is 0 Å². The van der Waals surface area contributed by atoms with Crippen molar-refractivity contribution in [2.75, 3.05) is 0 Å². The van der Waals surface area contributed by atoms with Crippen LogP contribution in [0.2, 0.25) is 0 Å². The number of hydrogen-bond acceptors (Lipinski definition) is 6. The summed E-state index contributed by atoms with van der Waals surface area (Å²) in [6.45, 7) is 17.7. The highest BCUT2D eigenvalue weighted by molar-refractivity contribution is 7.46. The Morgan fingerprint density at radius 2 is 0.553 bits per heavy atom. The van der Waals surface area contributed by atoms with Gasteiger partial charge in [0, 0.05) is 0 Å². The molecule has 0 bridgehead atoms. The zero-order valence-corrected chi connectivity index (χ0v) is 36.6. The molecule has 0 fully saturated rings. The number of rotatable bonds is 24. The van der Waals surface area contributed by atoms with Crippen LogP contribution in [-0.2, 0) is 27.3 Å². The monoisotopic (exact) mass is 782 g/mol. The highest BCUT2D eigenvalue weighted by Gasteiger charge is 2.36. The molecule has 292 valence electrons. The van der Waals surface area contributed by atoms with Gasteiger partial charge >= 0.3 is 23.5 Å². The summed E-state index contributed by atoms with van der Waals surface area (Å²) in [6, 6.07) is 0. The van der Waals surface area contributed by atoms with Gasteiger partial charge in [0.2, 0.25) is 0 Å². The fraction of sp³-hybridized carbons (Fsp3) is 1.00. The summed E-state index contributed by atoms with van der Waals surface area (Å²) in [5.41, 5.74) is -1.93. The van der Waals surface area contributed by atoms with E-state index in [0.29, 0.717) is 38.5 Å². The van der Waals surface area contributed by atoms with Crippen LogP contribution >= 0.6 is 43.3 Å². The maximum atomic E-state index is 10.9. The first kappa shape index (κ1) is 57.5. The van der Waals surface area contributed by atoms with E-state index in [1.165, 1.54) is 0 Å². The van der Waals surface area contributed by atoms with Crippen molar-refractivity contribution in [3.63, 3.8) is 0 Å². The molecule has 2 unspecified atom stereocenters. The van der Waals surface area contributed by atoms with Gasteiger partial charge in [-0.15, -0.1) is 0 Å². The Morgan fingerprint density at radius 3 is 0.660 bits per heavy atom. The van der Waals surface area contributed by atoms with Crippen molar-refractivity contribution in [3.05, 3.63) is 0 Å². The average Bonchev–Trinajstić information content (AvgIpc) is 2.94. The van der Waals surface area contributed by atoms with E-state index in [4.69, 9.17) is 42.9 Å². The van der Waals surface area contributed by atoms with Gasteiger partial charge in [0.15, 0.2) is 0 Å². The first-order chi connectivity index (χ1) is 20.7. The Hall–Kier alpha value is 1.19. The van der Waals surface area contributed by atoms with Gasteiger partial charge in [-0.05, 0) is 57.8 Å². The second kappa shape index (κ2) is 29.7. The Bertz CT molecular complexity index is 739. The van der Waals surface area contributed by atoms with Crippen molar-refractivity contribution in [2.24, 2.45) is 0 Å². The smallest absolute Gasteiger partial charge is 0.303 e. The van der Waals surface area contributed by atoms with E-state index in [-0.39, 0.29) is 19.8 Å². The third-order valence-electron chi connectivity index (χ3n) is 8.51. The minimum absolute atomic E-state index is 0. The molecular weight excluding hydrogens is 707 g/mol. The van der Waals surface area contributed by atoms with Crippen LogP contribution in [0.5, 0.6) is 0 Å². The van der Waals surface area contributed by atoms with Crippen molar-refractivity contribution in [1.29, 1.82) is 0 Å². The van der Waals surface area contributed by atoms with E-state index in [1.807, 2.05) is 41.5 Å². The summed E-state index contributed by atoms with van der Waals surface area (Å²) in [6.07, 6.45) is 15.4. The van der Waals surface area contributed by atoms with Crippen molar-refractivity contribution < 1.29 is 56.6 Å². The summed E-state index contributed by atoms with van der Waals surface area (Å²) in [4.78, 5) is 53.2. The predicted molar refractivity (Wildman–Crippen MR) is 204 cm³/mol. The summed E-state index contributed by atoms with van der Waals surface area (Å²) < 4.78 is 47.4. The SMILES string of the molecule is CCCCCC(CC)(CC)OP(=O)(O)O.CCCCCC(CC)(CC)OP(=O)(O)O.CCCCCC(CC)(CC)OP(=O)(O)O.P.P. The molecule has 0 radical (unpaired) electrons. The number of phosphoric acid groups is 3. The quantitative estimate of drug-likeness (QED) is 0.0401. The number of unbranched alkanes of at least 4 members (excludes halogenated alkanes) is 6. The van der Waals surface area contributed by atoms with Gasteiger partial charge in [-0.3, -0.25) is 13.6 Å². The zero-order valence-electron chi connectivity index (χ0n) is 31.1. The molecular formula is C30H75O12P5. The summed E-state index contributed by atoms with van der Waals surface area (Å²) >= 11 is 0. The van der Waals surface area contributed by atoms with Gasteiger partial charge in [-0.1, -0.05) is 120 Å². The molecule has 0 aliphatic rings. The van der Waals surface area contributed by atoms with Gasteiger partial charge in [0.05, 0.1) is 16.8 Å². The molecule has 0 rings (SSSR count). The minimum Gasteiger partial charge on any atom is -0.303 e. The normalized spacial score (nSPS) is 12.6. The first-order valence-corrected chi connectivity index (χ1v) is 21.5. The van der Waals surface area contributed by atoms with Crippen LogP contribution < -0.4 is 0 Å². The van der Waals surface area contributed by atoms with E-state index < -0.39 is 40.3 Å². The molecule has 0 saturated carbocycles. The topological polar surface area (TPSA) is 200 Å². The Balaban J connectivity index is -0.000000184. The third-order valence-corrected chi connectivity index (χ3v) is 10.4. The summed E-state index contributed by atoms with van der Waals surface area (Å²) in [5, 5.41) is 0. The molecule has 0 saturated heterocycles. The number of phosphoric ester groups is 3. The van der Waals surface area contributed by atoms with Crippen LogP contribution in [0.4, 0.5) is 0 Å².